The van der Waals surface area contributed by atoms with Crippen molar-refractivity contribution in [3.8, 4) is 5.75 Å². The smallest absolute Gasteiger partial charge is 0.410 e. The molecule has 2 amide bonds. The Kier molecular flexibility index (Phi) is 7.20. The summed E-state index contributed by atoms with van der Waals surface area (Å²) in [5.41, 5.74) is 0.406. The molecule has 1 aromatic carbocycles. The molecule has 1 unspecified atom stereocenters. The van der Waals surface area contributed by atoms with Crippen LogP contribution in [0.2, 0.25) is 0 Å². The number of hydrogen-bond donors (Lipinski definition) is 0. The fourth-order valence-corrected chi connectivity index (χ4v) is 3.83. The van der Waals surface area contributed by atoms with E-state index in [9.17, 15) is 9.59 Å². The van der Waals surface area contributed by atoms with Gasteiger partial charge >= 0.3 is 6.09 Å². The second kappa shape index (κ2) is 9.66. The lowest BCUT2D eigenvalue weighted by Crippen LogP contribution is -2.54. The minimum absolute atomic E-state index is 0.0870. The van der Waals surface area contributed by atoms with E-state index in [2.05, 4.69) is 4.90 Å². The van der Waals surface area contributed by atoms with Crippen molar-refractivity contribution in [3.05, 3.63) is 29.8 Å². The van der Waals surface area contributed by atoms with E-state index < -0.39 is 5.60 Å². The minimum atomic E-state index is -0.555. The standard InChI is InChI=1S/C22H33N3O5/c1-22(2,3)30-21(27)25-10-9-24(16-20(26)23-11-13-29-14-12-23)18(15-25)17-7-5-6-8-19(17)28-4/h5-8,18H,9-16H2,1-4H3. The Labute approximate surface area is 178 Å². The predicted molar refractivity (Wildman–Crippen MR) is 113 cm³/mol. The van der Waals surface area contributed by atoms with Crippen molar-refractivity contribution < 1.29 is 23.8 Å². The van der Waals surface area contributed by atoms with E-state index in [4.69, 9.17) is 14.2 Å². The molecule has 30 heavy (non-hydrogen) atoms. The zero-order valence-electron chi connectivity index (χ0n) is 18.4. The van der Waals surface area contributed by atoms with Crippen molar-refractivity contribution in [3.63, 3.8) is 0 Å². The van der Waals surface area contributed by atoms with Crippen LogP contribution in [0, 0.1) is 0 Å². The maximum absolute atomic E-state index is 12.9. The molecule has 3 rings (SSSR count). The van der Waals surface area contributed by atoms with Crippen molar-refractivity contribution in [2.75, 3.05) is 59.6 Å². The minimum Gasteiger partial charge on any atom is -0.496 e. The molecule has 8 nitrogen and oxygen atoms in total. The van der Waals surface area contributed by atoms with E-state index in [0.29, 0.717) is 52.5 Å². The summed E-state index contributed by atoms with van der Waals surface area (Å²) in [5, 5.41) is 0. The van der Waals surface area contributed by atoms with Crippen LogP contribution in [0.1, 0.15) is 32.4 Å². The van der Waals surface area contributed by atoms with Crippen LogP contribution < -0.4 is 4.74 Å². The summed E-state index contributed by atoms with van der Waals surface area (Å²) in [5.74, 6) is 0.835. The third-order valence-electron chi connectivity index (χ3n) is 5.34. The molecule has 0 aliphatic carbocycles. The molecule has 0 spiro atoms. The number of benzene rings is 1. The van der Waals surface area contributed by atoms with Gasteiger partial charge in [0.05, 0.1) is 32.9 Å². The monoisotopic (exact) mass is 419 g/mol. The van der Waals surface area contributed by atoms with Gasteiger partial charge in [-0.1, -0.05) is 18.2 Å². The summed E-state index contributed by atoms with van der Waals surface area (Å²) in [7, 11) is 1.64. The number of morpholine rings is 1. The summed E-state index contributed by atoms with van der Waals surface area (Å²) < 4.78 is 16.5. The molecule has 0 saturated carbocycles. The molecule has 2 heterocycles. The molecule has 0 N–H and O–H groups in total. The highest BCUT2D eigenvalue weighted by atomic mass is 16.6. The highest BCUT2D eigenvalue weighted by molar-refractivity contribution is 5.78. The van der Waals surface area contributed by atoms with Gasteiger partial charge in [-0.2, -0.15) is 0 Å². The van der Waals surface area contributed by atoms with Crippen LogP contribution in [0.15, 0.2) is 24.3 Å². The molecule has 2 fully saturated rings. The Morgan fingerprint density at radius 3 is 2.43 bits per heavy atom. The van der Waals surface area contributed by atoms with Crippen molar-refractivity contribution in [1.82, 2.24) is 14.7 Å². The van der Waals surface area contributed by atoms with E-state index in [1.165, 1.54) is 0 Å². The summed E-state index contributed by atoms with van der Waals surface area (Å²) in [4.78, 5) is 31.3. The van der Waals surface area contributed by atoms with Crippen LogP contribution in [-0.2, 0) is 14.3 Å². The van der Waals surface area contributed by atoms with E-state index in [-0.39, 0.29) is 18.0 Å². The zero-order valence-corrected chi connectivity index (χ0v) is 18.4. The Balaban J connectivity index is 1.79. The lowest BCUT2D eigenvalue weighted by atomic mass is 10.0. The predicted octanol–water partition coefficient (Wildman–Crippen LogP) is 2.15. The molecule has 2 saturated heterocycles. The Morgan fingerprint density at radius 1 is 1.07 bits per heavy atom. The third-order valence-corrected chi connectivity index (χ3v) is 5.34. The van der Waals surface area contributed by atoms with Gasteiger partial charge in [0.25, 0.3) is 0 Å². The van der Waals surface area contributed by atoms with Crippen molar-refractivity contribution in [2.45, 2.75) is 32.4 Å². The average Bonchev–Trinajstić information content (AvgIpc) is 2.73. The number of carbonyl (C=O) groups excluding carboxylic acids is 2. The highest BCUT2D eigenvalue weighted by Crippen LogP contribution is 2.32. The van der Waals surface area contributed by atoms with Crippen LogP contribution in [0.25, 0.3) is 0 Å². The van der Waals surface area contributed by atoms with Gasteiger partial charge in [0.15, 0.2) is 0 Å². The molecular formula is C22H33N3O5. The number of hydrogen-bond acceptors (Lipinski definition) is 6. The van der Waals surface area contributed by atoms with Crippen LogP contribution in [0.4, 0.5) is 4.79 Å². The number of rotatable bonds is 4. The lowest BCUT2D eigenvalue weighted by Gasteiger charge is -2.42. The highest BCUT2D eigenvalue weighted by Gasteiger charge is 2.35. The number of carbonyl (C=O) groups is 2. The normalized spacial score (nSPS) is 20.7. The number of nitrogens with zero attached hydrogens (tertiary/aromatic N) is 3. The topological polar surface area (TPSA) is 71.5 Å². The first-order valence-corrected chi connectivity index (χ1v) is 10.5. The van der Waals surface area contributed by atoms with Gasteiger partial charge in [0.2, 0.25) is 5.91 Å². The molecule has 8 heteroatoms. The maximum Gasteiger partial charge on any atom is 0.410 e. The fraction of sp³-hybridized carbons (Fsp3) is 0.636. The largest absolute Gasteiger partial charge is 0.496 e. The van der Waals surface area contributed by atoms with E-state index >= 15 is 0 Å². The van der Waals surface area contributed by atoms with Gasteiger partial charge in [-0.05, 0) is 26.8 Å². The fourth-order valence-electron chi connectivity index (χ4n) is 3.83. The zero-order chi connectivity index (χ0) is 21.7. The van der Waals surface area contributed by atoms with Crippen LogP contribution in [0.5, 0.6) is 5.75 Å². The van der Waals surface area contributed by atoms with E-state index in [1.807, 2.05) is 49.9 Å². The number of methoxy groups -OCH3 is 1. The third kappa shape index (κ3) is 5.64. The molecule has 1 aromatic rings. The molecule has 166 valence electrons. The second-order valence-electron chi connectivity index (χ2n) is 8.65. The van der Waals surface area contributed by atoms with Gasteiger partial charge in [-0.3, -0.25) is 9.69 Å². The summed E-state index contributed by atoms with van der Waals surface area (Å²) >= 11 is 0. The first-order chi connectivity index (χ1) is 14.3. The number of para-hydroxylation sites is 1. The number of piperazine rings is 1. The summed E-state index contributed by atoms with van der Waals surface area (Å²) in [6, 6.07) is 7.61. The van der Waals surface area contributed by atoms with Crippen molar-refractivity contribution >= 4 is 12.0 Å². The van der Waals surface area contributed by atoms with Gasteiger partial charge in [-0.15, -0.1) is 0 Å². The van der Waals surface area contributed by atoms with Gasteiger partial charge in [0, 0.05) is 38.3 Å². The van der Waals surface area contributed by atoms with Gasteiger partial charge in [0.1, 0.15) is 11.4 Å². The Morgan fingerprint density at radius 2 is 1.77 bits per heavy atom. The average molecular weight is 420 g/mol. The Bertz CT molecular complexity index is 743. The number of ether oxygens (including phenoxy) is 3. The molecule has 0 radical (unpaired) electrons. The molecule has 0 bridgehead atoms. The van der Waals surface area contributed by atoms with Crippen molar-refractivity contribution in [2.24, 2.45) is 0 Å². The molecule has 0 aromatic heterocycles. The summed E-state index contributed by atoms with van der Waals surface area (Å²) in [6.07, 6.45) is -0.332. The van der Waals surface area contributed by atoms with E-state index in [1.54, 1.807) is 12.0 Å². The molecule has 2 aliphatic rings. The quantitative estimate of drug-likeness (QED) is 0.745. The second-order valence-corrected chi connectivity index (χ2v) is 8.65. The van der Waals surface area contributed by atoms with E-state index in [0.717, 1.165) is 11.3 Å². The first kappa shape index (κ1) is 22.4. The maximum atomic E-state index is 12.9. The first-order valence-electron chi connectivity index (χ1n) is 10.5. The summed E-state index contributed by atoms with van der Waals surface area (Å²) in [6.45, 7) is 9.80. The molecule has 2 aliphatic heterocycles. The lowest BCUT2D eigenvalue weighted by molar-refractivity contribution is -0.137. The van der Waals surface area contributed by atoms with Gasteiger partial charge in [-0.25, -0.2) is 4.79 Å². The Hall–Kier alpha value is -2.32. The molecular weight excluding hydrogens is 386 g/mol. The van der Waals surface area contributed by atoms with Crippen LogP contribution in [0.3, 0.4) is 0 Å². The molecule has 1 atom stereocenters. The van der Waals surface area contributed by atoms with Crippen molar-refractivity contribution in [1.29, 1.82) is 0 Å². The van der Waals surface area contributed by atoms with Crippen LogP contribution >= 0.6 is 0 Å². The SMILES string of the molecule is COc1ccccc1C1CN(C(=O)OC(C)(C)C)CCN1CC(=O)N1CCOCC1. The number of amides is 2. The van der Waals surface area contributed by atoms with Crippen LogP contribution in [-0.4, -0.2) is 91.9 Å². The van der Waals surface area contributed by atoms with Gasteiger partial charge < -0.3 is 24.0 Å².